The lowest BCUT2D eigenvalue weighted by Gasteiger charge is -2.60. The minimum absolute atomic E-state index is 0.514. The fourth-order valence-corrected chi connectivity index (χ4v) is 2.72. The highest BCUT2D eigenvalue weighted by atomic mass is 16.9. The summed E-state index contributed by atoms with van der Waals surface area (Å²) in [6, 6.07) is 0. The first-order valence-corrected chi connectivity index (χ1v) is 5.48. The molecule has 4 aliphatic rings. The molecule has 0 aromatic rings. The number of rotatable bonds is 1. The van der Waals surface area contributed by atoms with E-state index in [1.165, 1.54) is 6.92 Å². The van der Waals surface area contributed by atoms with E-state index < -0.39 is 48.6 Å². The Kier molecular flexibility index (Phi) is 2.27. The molecule has 0 aromatic carbocycles. The van der Waals surface area contributed by atoms with Crippen LogP contribution in [0.3, 0.4) is 0 Å². The van der Waals surface area contributed by atoms with Gasteiger partial charge in [-0.25, -0.2) is 0 Å². The van der Waals surface area contributed by atoms with Crippen molar-refractivity contribution in [2.45, 2.75) is 56.4 Å². The van der Waals surface area contributed by atoms with E-state index in [0.717, 1.165) is 0 Å². The Morgan fingerprint density at radius 2 is 1.59 bits per heavy atom. The van der Waals surface area contributed by atoms with Crippen LogP contribution in [0.5, 0.6) is 0 Å². The van der Waals surface area contributed by atoms with Gasteiger partial charge in [0.15, 0.2) is 6.10 Å². The predicted molar refractivity (Wildman–Crippen MR) is 50.6 cm³/mol. The van der Waals surface area contributed by atoms with E-state index in [1.807, 2.05) is 0 Å². The standard InChI is InChI=1S/C10H14O7/c1-3(11)14-9-7-4(12)6-5(13)8(9)17-10(2,15-6)16-7/h4-9,12-13H,1-2H3/t4-,5-,6?,7-,8+,9?,10?/m0/s1. The third-order valence-electron chi connectivity index (χ3n) is 3.35. The van der Waals surface area contributed by atoms with Gasteiger partial charge in [0.1, 0.15) is 30.5 Å². The van der Waals surface area contributed by atoms with Gasteiger partial charge >= 0.3 is 5.97 Å². The summed E-state index contributed by atoms with van der Waals surface area (Å²) in [5.41, 5.74) is 0. The molecule has 0 spiro atoms. The second kappa shape index (κ2) is 3.39. The van der Waals surface area contributed by atoms with E-state index in [4.69, 9.17) is 18.9 Å². The predicted octanol–water partition coefficient (Wildman–Crippen LogP) is -1.49. The highest BCUT2D eigenvalue weighted by Crippen LogP contribution is 2.45. The summed E-state index contributed by atoms with van der Waals surface area (Å²) in [5, 5.41) is 19.9. The Morgan fingerprint density at radius 3 is 2.06 bits per heavy atom. The molecule has 1 saturated carbocycles. The van der Waals surface area contributed by atoms with Gasteiger partial charge in [-0.2, -0.15) is 0 Å². The largest absolute Gasteiger partial charge is 0.457 e. The van der Waals surface area contributed by atoms with Crippen LogP contribution in [0, 0.1) is 0 Å². The van der Waals surface area contributed by atoms with Crippen LogP contribution in [0.2, 0.25) is 0 Å². The van der Waals surface area contributed by atoms with Gasteiger partial charge in [0.2, 0.25) is 0 Å². The van der Waals surface area contributed by atoms with Gasteiger partial charge in [-0.1, -0.05) is 0 Å². The third-order valence-corrected chi connectivity index (χ3v) is 3.35. The van der Waals surface area contributed by atoms with E-state index in [2.05, 4.69) is 0 Å². The molecule has 4 bridgehead atoms. The second-order valence-electron chi connectivity index (χ2n) is 4.67. The highest BCUT2D eigenvalue weighted by molar-refractivity contribution is 5.66. The second-order valence-corrected chi connectivity index (χ2v) is 4.67. The van der Waals surface area contributed by atoms with Crippen LogP contribution in [-0.2, 0) is 23.7 Å². The van der Waals surface area contributed by atoms with Gasteiger partial charge in [-0.05, 0) is 0 Å². The summed E-state index contributed by atoms with van der Waals surface area (Å²) in [6.07, 6.45) is -5.13. The van der Waals surface area contributed by atoms with Crippen molar-refractivity contribution in [3.05, 3.63) is 0 Å². The lowest BCUT2D eigenvalue weighted by molar-refractivity contribution is -0.531. The number of esters is 1. The van der Waals surface area contributed by atoms with Crippen LogP contribution in [0.25, 0.3) is 0 Å². The third kappa shape index (κ3) is 1.50. The van der Waals surface area contributed by atoms with Crippen LogP contribution in [-0.4, -0.2) is 58.8 Å². The van der Waals surface area contributed by atoms with E-state index in [-0.39, 0.29) is 0 Å². The van der Waals surface area contributed by atoms with E-state index in [0.29, 0.717) is 0 Å². The summed E-state index contributed by atoms with van der Waals surface area (Å²) in [7, 11) is 0. The van der Waals surface area contributed by atoms with Gasteiger partial charge in [-0.15, -0.1) is 0 Å². The summed E-state index contributed by atoms with van der Waals surface area (Å²) < 4.78 is 21.2. The van der Waals surface area contributed by atoms with Gasteiger partial charge in [0.05, 0.1) is 0 Å². The zero-order valence-corrected chi connectivity index (χ0v) is 9.40. The Morgan fingerprint density at radius 1 is 1.12 bits per heavy atom. The first-order chi connectivity index (χ1) is 7.91. The molecule has 96 valence electrons. The molecule has 0 amide bonds. The molecule has 3 unspecified atom stereocenters. The number of hydrogen-bond acceptors (Lipinski definition) is 7. The molecule has 7 heteroatoms. The number of aliphatic hydroxyl groups excluding tert-OH is 2. The maximum atomic E-state index is 11.0. The summed E-state index contributed by atoms with van der Waals surface area (Å²) in [5.74, 6) is -1.80. The smallest absolute Gasteiger partial charge is 0.303 e. The molecule has 7 nitrogen and oxygen atoms in total. The summed E-state index contributed by atoms with van der Waals surface area (Å²) >= 11 is 0. The fraction of sp³-hybridized carbons (Fsp3) is 0.900. The normalized spacial score (nSPS) is 56.0. The Bertz CT molecular complexity index is 337. The first kappa shape index (κ1) is 11.4. The zero-order valence-electron chi connectivity index (χ0n) is 9.40. The molecular weight excluding hydrogens is 232 g/mol. The molecule has 2 N–H and O–H groups in total. The Balaban J connectivity index is 1.92. The number of aliphatic hydroxyl groups is 2. The maximum absolute atomic E-state index is 11.0. The Hall–Kier alpha value is -0.730. The average molecular weight is 246 g/mol. The molecule has 1 aliphatic carbocycles. The molecule has 17 heavy (non-hydrogen) atoms. The van der Waals surface area contributed by atoms with Crippen molar-refractivity contribution in [3.63, 3.8) is 0 Å². The monoisotopic (exact) mass is 246 g/mol. The van der Waals surface area contributed by atoms with Crippen molar-refractivity contribution < 1.29 is 34.0 Å². The van der Waals surface area contributed by atoms with Crippen molar-refractivity contribution in [2.75, 3.05) is 0 Å². The molecule has 3 saturated heterocycles. The van der Waals surface area contributed by atoms with Crippen LogP contribution in [0.4, 0.5) is 0 Å². The SMILES string of the molecule is CC(=O)OC1[C@H]2OC3(C)OC([C@@H]2O)[C@H](O)[C@H]1O3. The van der Waals surface area contributed by atoms with Crippen LogP contribution in [0.1, 0.15) is 13.8 Å². The lowest BCUT2D eigenvalue weighted by atomic mass is 9.82. The summed E-state index contributed by atoms with van der Waals surface area (Å²) in [6.45, 7) is 2.81. The molecular formula is C10H14O7. The Labute approximate surface area is 97.2 Å². The van der Waals surface area contributed by atoms with Gasteiger partial charge in [-0.3, -0.25) is 4.79 Å². The lowest BCUT2D eigenvalue weighted by Crippen LogP contribution is -2.78. The number of ether oxygens (including phenoxy) is 4. The molecule has 7 atom stereocenters. The number of hydrogen-bond donors (Lipinski definition) is 2. The van der Waals surface area contributed by atoms with Crippen molar-refractivity contribution >= 4 is 5.97 Å². The van der Waals surface area contributed by atoms with Crippen molar-refractivity contribution in [2.24, 2.45) is 0 Å². The van der Waals surface area contributed by atoms with Gasteiger partial charge in [0.25, 0.3) is 5.97 Å². The van der Waals surface area contributed by atoms with Crippen molar-refractivity contribution in [3.8, 4) is 0 Å². The maximum Gasteiger partial charge on any atom is 0.303 e. The molecule has 4 rings (SSSR count). The van der Waals surface area contributed by atoms with Crippen LogP contribution < -0.4 is 0 Å². The van der Waals surface area contributed by atoms with Gasteiger partial charge < -0.3 is 29.2 Å². The minimum Gasteiger partial charge on any atom is -0.457 e. The van der Waals surface area contributed by atoms with Crippen molar-refractivity contribution in [1.29, 1.82) is 0 Å². The van der Waals surface area contributed by atoms with Crippen molar-refractivity contribution in [1.82, 2.24) is 0 Å². The van der Waals surface area contributed by atoms with Gasteiger partial charge in [0, 0.05) is 13.8 Å². The topological polar surface area (TPSA) is 94.5 Å². The van der Waals surface area contributed by atoms with Crippen LogP contribution in [0.15, 0.2) is 0 Å². The quantitative estimate of drug-likeness (QED) is 0.544. The average Bonchev–Trinajstić information content (AvgIpc) is 2.23. The van der Waals surface area contributed by atoms with Crippen LogP contribution >= 0.6 is 0 Å². The molecule has 0 radical (unpaired) electrons. The molecule has 0 aromatic heterocycles. The highest BCUT2D eigenvalue weighted by Gasteiger charge is 2.66. The first-order valence-electron chi connectivity index (χ1n) is 5.48. The summed E-state index contributed by atoms with van der Waals surface area (Å²) in [4.78, 5) is 11.0. The number of carbonyl (C=O) groups excluding carboxylic acids is 1. The molecule has 3 heterocycles. The minimum atomic E-state index is -1.28. The van der Waals surface area contributed by atoms with E-state index in [9.17, 15) is 15.0 Å². The fourth-order valence-electron chi connectivity index (χ4n) is 2.72. The zero-order chi connectivity index (χ0) is 12.4. The van der Waals surface area contributed by atoms with E-state index in [1.54, 1.807) is 6.92 Å². The van der Waals surface area contributed by atoms with E-state index >= 15 is 0 Å². The number of carbonyl (C=O) groups is 1. The molecule has 3 aliphatic heterocycles. The molecule has 4 fully saturated rings.